The van der Waals surface area contributed by atoms with E-state index in [-0.39, 0.29) is 6.04 Å². The Balaban J connectivity index is 2.58. The molecule has 0 fully saturated rings. The third-order valence-corrected chi connectivity index (χ3v) is 4.05. The number of nitrogens with two attached hydrogens (primary N) is 1. The van der Waals surface area contributed by atoms with Gasteiger partial charge in [-0.25, -0.2) is 0 Å². The van der Waals surface area contributed by atoms with E-state index in [1.165, 1.54) is 22.0 Å². The van der Waals surface area contributed by atoms with E-state index in [2.05, 4.69) is 70.6 Å². The molecule has 0 spiro atoms. The minimum Gasteiger partial charge on any atom is -0.324 e. The molecular weight excluding hydrogens is 377 g/mol. The summed E-state index contributed by atoms with van der Waals surface area (Å²) in [6.07, 6.45) is 3.53. The van der Waals surface area contributed by atoms with Gasteiger partial charge in [-0.05, 0) is 58.7 Å². The molecule has 0 aliphatic carbocycles. The largest absolute Gasteiger partial charge is 0.324 e. The quantitative estimate of drug-likeness (QED) is 0.706. The molecule has 1 nitrogen and oxygen atoms in total. The Morgan fingerprint density at radius 3 is 2.62 bits per heavy atom. The zero-order chi connectivity index (χ0) is 12.1. The Bertz CT molecular complexity index is 339. The van der Waals surface area contributed by atoms with E-state index in [0.29, 0.717) is 0 Å². The van der Waals surface area contributed by atoms with Crippen LogP contribution in [0, 0.1) is 9.49 Å². The van der Waals surface area contributed by atoms with Crippen LogP contribution in [0.15, 0.2) is 22.7 Å². The number of halogens is 2. The van der Waals surface area contributed by atoms with Crippen molar-refractivity contribution in [2.75, 3.05) is 0 Å². The molecule has 0 saturated heterocycles. The van der Waals surface area contributed by atoms with Crippen LogP contribution in [0.2, 0.25) is 0 Å². The molecular formula is C13H19BrIN. The van der Waals surface area contributed by atoms with Gasteiger partial charge in [-0.1, -0.05) is 42.6 Å². The third-order valence-electron chi connectivity index (χ3n) is 2.65. The van der Waals surface area contributed by atoms with Crippen molar-refractivity contribution in [1.82, 2.24) is 0 Å². The summed E-state index contributed by atoms with van der Waals surface area (Å²) in [5.41, 5.74) is 7.45. The van der Waals surface area contributed by atoms with Crippen LogP contribution in [0.1, 0.15) is 44.7 Å². The van der Waals surface area contributed by atoms with E-state index in [1.807, 2.05) is 0 Å². The van der Waals surface area contributed by atoms with E-state index >= 15 is 0 Å². The Labute approximate surface area is 120 Å². The van der Waals surface area contributed by atoms with Gasteiger partial charge in [0.1, 0.15) is 0 Å². The average molecular weight is 396 g/mol. The van der Waals surface area contributed by atoms with Gasteiger partial charge in [0.25, 0.3) is 0 Å². The lowest BCUT2D eigenvalue weighted by Gasteiger charge is -2.15. The molecule has 1 aromatic carbocycles. The van der Waals surface area contributed by atoms with Gasteiger partial charge in [-0.15, -0.1) is 0 Å². The predicted octanol–water partition coefficient (Wildman–Crippen LogP) is 4.88. The average Bonchev–Trinajstić information content (AvgIpc) is 2.21. The van der Waals surface area contributed by atoms with Crippen LogP contribution in [-0.4, -0.2) is 0 Å². The number of rotatable bonds is 5. The highest BCUT2D eigenvalue weighted by Gasteiger charge is 2.10. The van der Waals surface area contributed by atoms with Gasteiger partial charge in [0.05, 0.1) is 0 Å². The Kier molecular flexibility index (Phi) is 6.29. The molecule has 0 bridgehead atoms. The van der Waals surface area contributed by atoms with Crippen molar-refractivity contribution in [3.8, 4) is 0 Å². The van der Waals surface area contributed by atoms with E-state index in [4.69, 9.17) is 5.73 Å². The van der Waals surface area contributed by atoms with Gasteiger partial charge < -0.3 is 5.73 Å². The van der Waals surface area contributed by atoms with Crippen LogP contribution in [0.5, 0.6) is 0 Å². The molecule has 2 N–H and O–H groups in total. The molecule has 0 heterocycles. The minimum absolute atomic E-state index is 0.155. The third kappa shape index (κ3) is 4.72. The Morgan fingerprint density at radius 1 is 1.31 bits per heavy atom. The molecule has 90 valence electrons. The second kappa shape index (κ2) is 6.97. The standard InChI is InChI=1S/C13H19BrIN/c1-9(2)4-3-5-13(16)11-8-10(15)6-7-12(11)14/h6-9,13H,3-5,16H2,1-2H3. The first-order valence-corrected chi connectivity index (χ1v) is 7.58. The van der Waals surface area contributed by atoms with Crippen LogP contribution in [-0.2, 0) is 0 Å². The molecule has 0 aliphatic heterocycles. The Morgan fingerprint density at radius 2 is 2.00 bits per heavy atom. The maximum atomic E-state index is 6.22. The molecule has 1 aromatic rings. The zero-order valence-corrected chi connectivity index (χ0v) is 13.6. The molecule has 0 aliphatic rings. The lowest BCUT2D eigenvalue weighted by molar-refractivity contribution is 0.505. The number of hydrogen-bond acceptors (Lipinski definition) is 1. The number of hydrogen-bond donors (Lipinski definition) is 1. The van der Waals surface area contributed by atoms with Crippen molar-refractivity contribution in [3.63, 3.8) is 0 Å². The molecule has 0 aromatic heterocycles. The molecule has 16 heavy (non-hydrogen) atoms. The van der Waals surface area contributed by atoms with Crippen molar-refractivity contribution >= 4 is 38.5 Å². The normalized spacial score (nSPS) is 13.1. The topological polar surface area (TPSA) is 26.0 Å². The summed E-state index contributed by atoms with van der Waals surface area (Å²) in [5.74, 6) is 0.770. The zero-order valence-electron chi connectivity index (χ0n) is 9.84. The summed E-state index contributed by atoms with van der Waals surface area (Å²) in [6.45, 7) is 4.51. The van der Waals surface area contributed by atoms with Gasteiger partial charge in [0.15, 0.2) is 0 Å². The summed E-state index contributed by atoms with van der Waals surface area (Å²) in [4.78, 5) is 0. The second-order valence-electron chi connectivity index (χ2n) is 4.60. The van der Waals surface area contributed by atoms with Gasteiger partial charge in [0.2, 0.25) is 0 Å². The molecule has 1 atom stereocenters. The van der Waals surface area contributed by atoms with E-state index in [0.717, 1.165) is 16.8 Å². The van der Waals surface area contributed by atoms with Crippen molar-refractivity contribution in [2.45, 2.75) is 39.2 Å². The van der Waals surface area contributed by atoms with E-state index in [1.54, 1.807) is 0 Å². The molecule has 3 heteroatoms. The van der Waals surface area contributed by atoms with Crippen molar-refractivity contribution < 1.29 is 0 Å². The molecule has 0 saturated carbocycles. The highest BCUT2D eigenvalue weighted by Crippen LogP contribution is 2.27. The highest BCUT2D eigenvalue weighted by molar-refractivity contribution is 14.1. The molecule has 0 amide bonds. The summed E-state index contributed by atoms with van der Waals surface area (Å²) in [6, 6.07) is 6.50. The van der Waals surface area contributed by atoms with Gasteiger partial charge in [-0.3, -0.25) is 0 Å². The predicted molar refractivity (Wildman–Crippen MR) is 82.5 cm³/mol. The number of benzene rings is 1. The molecule has 1 unspecified atom stereocenters. The van der Waals surface area contributed by atoms with Crippen molar-refractivity contribution in [3.05, 3.63) is 31.8 Å². The summed E-state index contributed by atoms with van der Waals surface area (Å²) in [5, 5.41) is 0. The van der Waals surface area contributed by atoms with E-state index in [9.17, 15) is 0 Å². The summed E-state index contributed by atoms with van der Waals surface area (Å²) < 4.78 is 2.38. The minimum atomic E-state index is 0.155. The van der Waals surface area contributed by atoms with Gasteiger partial charge in [-0.2, -0.15) is 0 Å². The van der Waals surface area contributed by atoms with Crippen LogP contribution >= 0.6 is 38.5 Å². The van der Waals surface area contributed by atoms with Crippen molar-refractivity contribution in [2.24, 2.45) is 11.7 Å². The fraction of sp³-hybridized carbons (Fsp3) is 0.538. The maximum Gasteiger partial charge on any atom is 0.0306 e. The maximum absolute atomic E-state index is 6.22. The van der Waals surface area contributed by atoms with Crippen LogP contribution in [0.3, 0.4) is 0 Å². The first-order chi connectivity index (χ1) is 7.50. The fourth-order valence-corrected chi connectivity index (χ4v) is 2.76. The lowest BCUT2D eigenvalue weighted by Crippen LogP contribution is -2.11. The second-order valence-corrected chi connectivity index (χ2v) is 6.70. The first-order valence-electron chi connectivity index (χ1n) is 5.71. The first kappa shape index (κ1) is 14.5. The van der Waals surface area contributed by atoms with Gasteiger partial charge >= 0.3 is 0 Å². The van der Waals surface area contributed by atoms with Crippen LogP contribution < -0.4 is 5.73 Å². The lowest BCUT2D eigenvalue weighted by atomic mass is 9.99. The van der Waals surface area contributed by atoms with Crippen molar-refractivity contribution in [1.29, 1.82) is 0 Å². The molecule has 0 radical (unpaired) electrons. The Hall–Kier alpha value is 0.390. The van der Waals surface area contributed by atoms with Crippen LogP contribution in [0.25, 0.3) is 0 Å². The highest BCUT2D eigenvalue weighted by atomic mass is 127. The fourth-order valence-electron chi connectivity index (χ4n) is 1.70. The van der Waals surface area contributed by atoms with E-state index < -0.39 is 0 Å². The van der Waals surface area contributed by atoms with Crippen LogP contribution in [0.4, 0.5) is 0 Å². The monoisotopic (exact) mass is 395 g/mol. The smallest absolute Gasteiger partial charge is 0.0306 e. The SMILES string of the molecule is CC(C)CCCC(N)c1cc(I)ccc1Br. The molecule has 1 rings (SSSR count). The van der Waals surface area contributed by atoms with Gasteiger partial charge in [0, 0.05) is 14.1 Å². The summed E-state index contributed by atoms with van der Waals surface area (Å²) >= 11 is 5.90. The summed E-state index contributed by atoms with van der Waals surface area (Å²) in [7, 11) is 0.